The van der Waals surface area contributed by atoms with E-state index >= 15 is 0 Å². The van der Waals surface area contributed by atoms with Gasteiger partial charge in [0.25, 0.3) is 0 Å². The fraction of sp³-hybridized carbons (Fsp3) is 0.545. The molecule has 0 spiro atoms. The molecular weight excluding hydrogens is 716 g/mol. The fourth-order valence-electron chi connectivity index (χ4n) is 6.47. The highest BCUT2D eigenvalue weighted by Crippen LogP contribution is 2.44. The highest BCUT2D eigenvalue weighted by atomic mass is 16.7. The smallest absolute Gasteiger partial charge is 0.197 e. The van der Waals surface area contributed by atoms with Crippen LogP contribution in [0.5, 0.6) is 17.2 Å². The normalized spacial score (nSPS) is 37.9. The molecule has 13 N–H and O–H groups in total. The number of aromatic hydroxyl groups is 3. The molecule has 0 saturated carbocycles. The van der Waals surface area contributed by atoms with Gasteiger partial charge in [-0.1, -0.05) is 0 Å². The van der Waals surface area contributed by atoms with Crippen molar-refractivity contribution in [2.75, 3.05) is 19.8 Å². The zero-order valence-electron chi connectivity index (χ0n) is 27.4. The summed E-state index contributed by atoms with van der Waals surface area (Å²) in [5.41, 5.74) is -1.32. The molecule has 53 heavy (non-hydrogen) atoms. The van der Waals surface area contributed by atoms with Crippen molar-refractivity contribution < 1.29 is 94.5 Å². The molecule has 0 aliphatic carbocycles. The molecule has 15 atom stereocenters. The summed E-state index contributed by atoms with van der Waals surface area (Å²) in [7, 11) is 0. The zero-order chi connectivity index (χ0) is 38.5. The summed E-state index contributed by atoms with van der Waals surface area (Å²) in [5, 5.41) is 135. The van der Waals surface area contributed by atoms with E-state index in [2.05, 4.69) is 0 Å². The minimum Gasteiger partial charge on any atom is -0.508 e. The Labute approximate surface area is 298 Å². The van der Waals surface area contributed by atoms with Crippen molar-refractivity contribution in [1.82, 2.24) is 0 Å². The molecule has 3 fully saturated rings. The average molecular weight is 757 g/mol. The Morgan fingerprint density at radius 1 is 0.585 bits per heavy atom. The molecule has 15 unspecified atom stereocenters. The molecule has 20 nitrogen and oxygen atoms in total. The number of phenols is 3. The number of aliphatic hydroxyl groups is 10. The van der Waals surface area contributed by atoms with Crippen molar-refractivity contribution in [3.05, 3.63) is 52.2 Å². The first-order valence-electron chi connectivity index (χ1n) is 16.4. The van der Waals surface area contributed by atoms with Gasteiger partial charge >= 0.3 is 0 Å². The van der Waals surface area contributed by atoms with Gasteiger partial charge in [-0.2, -0.15) is 0 Å². The maximum atomic E-state index is 13.2. The van der Waals surface area contributed by atoms with Gasteiger partial charge in [-0.05, 0) is 24.3 Å². The Kier molecular flexibility index (Phi) is 11.6. The quantitative estimate of drug-likeness (QED) is 0.0983. The lowest BCUT2D eigenvalue weighted by molar-refractivity contribution is -0.336. The van der Waals surface area contributed by atoms with Crippen molar-refractivity contribution in [2.45, 2.75) is 91.9 Å². The predicted octanol–water partition coefficient (Wildman–Crippen LogP) is -4.26. The van der Waals surface area contributed by atoms with Crippen LogP contribution in [0.2, 0.25) is 0 Å². The third kappa shape index (κ3) is 7.45. The molecule has 292 valence electrons. The first-order valence-corrected chi connectivity index (χ1v) is 16.4. The molecule has 6 rings (SSSR count). The highest BCUT2D eigenvalue weighted by Gasteiger charge is 2.50. The number of rotatable bonds is 9. The van der Waals surface area contributed by atoms with Crippen LogP contribution >= 0.6 is 0 Å². The average Bonchev–Trinajstić information content (AvgIpc) is 3.13. The summed E-state index contributed by atoms with van der Waals surface area (Å²) < 4.78 is 33.6. The van der Waals surface area contributed by atoms with Crippen molar-refractivity contribution in [1.29, 1.82) is 0 Å². The number of phenolic OH excluding ortho intramolecular Hbond substituents is 3. The first kappa shape index (κ1) is 39.2. The largest absolute Gasteiger partial charge is 0.508 e. The van der Waals surface area contributed by atoms with Gasteiger partial charge in [0.2, 0.25) is 0 Å². The second-order valence-corrected chi connectivity index (χ2v) is 13.0. The zero-order valence-corrected chi connectivity index (χ0v) is 27.4. The number of aliphatic hydroxyl groups excluding tert-OH is 10. The third-order valence-electron chi connectivity index (χ3n) is 9.51. The minimum atomic E-state index is -1.98. The summed E-state index contributed by atoms with van der Waals surface area (Å²) >= 11 is 0. The molecule has 0 amide bonds. The first-order chi connectivity index (χ1) is 25.1. The maximum absolute atomic E-state index is 13.2. The molecule has 2 aromatic carbocycles. The van der Waals surface area contributed by atoms with Crippen LogP contribution in [-0.4, -0.2) is 172 Å². The number of fused-ring (bicyclic) bond motifs is 1. The van der Waals surface area contributed by atoms with E-state index in [1.165, 1.54) is 24.3 Å². The number of hydrogen-bond donors (Lipinski definition) is 13. The maximum Gasteiger partial charge on any atom is 0.197 e. The summed E-state index contributed by atoms with van der Waals surface area (Å²) in [6.07, 6.45) is -26.3. The van der Waals surface area contributed by atoms with Crippen LogP contribution < -0.4 is 5.43 Å². The Hall–Kier alpha value is -3.55. The van der Waals surface area contributed by atoms with E-state index < -0.39 is 145 Å². The predicted molar refractivity (Wildman–Crippen MR) is 171 cm³/mol. The summed E-state index contributed by atoms with van der Waals surface area (Å²) in [6.45, 7) is -2.15. The van der Waals surface area contributed by atoms with E-state index in [0.717, 1.165) is 12.1 Å². The van der Waals surface area contributed by atoms with Gasteiger partial charge in [-0.3, -0.25) is 4.79 Å². The molecule has 1 aromatic heterocycles. The van der Waals surface area contributed by atoms with Gasteiger partial charge in [-0.25, -0.2) is 0 Å². The summed E-state index contributed by atoms with van der Waals surface area (Å²) in [4.78, 5) is 13.2. The van der Waals surface area contributed by atoms with Gasteiger partial charge in [0.05, 0.1) is 25.4 Å². The van der Waals surface area contributed by atoms with E-state index in [9.17, 15) is 71.2 Å². The molecule has 3 aliphatic heterocycles. The topological polar surface area (TPSA) is 339 Å². The van der Waals surface area contributed by atoms with Crippen molar-refractivity contribution in [3.8, 4) is 28.6 Å². The SMILES string of the molecule is O=c1cc(-c2ccc(O)cc2)oc2c(C3OC(COC4OC(COC5OC(CO)C(O)C(O)C5O)C(O)C(O)C4O)C(O)C(O)C3O)c(O)cc(O)c12. The van der Waals surface area contributed by atoms with Gasteiger partial charge in [-0.15, -0.1) is 0 Å². The lowest BCUT2D eigenvalue weighted by Crippen LogP contribution is -2.62. The van der Waals surface area contributed by atoms with E-state index in [1.807, 2.05) is 0 Å². The lowest BCUT2D eigenvalue weighted by Gasteiger charge is -2.44. The Balaban J connectivity index is 1.21. The fourth-order valence-corrected chi connectivity index (χ4v) is 6.47. The molecule has 3 aromatic rings. The Bertz CT molecular complexity index is 1780. The second kappa shape index (κ2) is 15.7. The number of benzene rings is 2. The Morgan fingerprint density at radius 2 is 1.09 bits per heavy atom. The highest BCUT2D eigenvalue weighted by molar-refractivity contribution is 5.89. The molecule has 0 bridgehead atoms. The van der Waals surface area contributed by atoms with Crippen molar-refractivity contribution in [3.63, 3.8) is 0 Å². The molecule has 4 heterocycles. The van der Waals surface area contributed by atoms with Gasteiger partial charge in [0.15, 0.2) is 23.6 Å². The minimum absolute atomic E-state index is 0.0752. The molecule has 3 saturated heterocycles. The number of ether oxygens (including phenoxy) is 5. The second-order valence-electron chi connectivity index (χ2n) is 13.0. The molecule has 20 heteroatoms. The van der Waals surface area contributed by atoms with E-state index in [1.54, 1.807) is 0 Å². The molecular formula is C33H40O20. The van der Waals surface area contributed by atoms with Crippen LogP contribution in [0.15, 0.2) is 45.6 Å². The number of hydrogen-bond acceptors (Lipinski definition) is 20. The van der Waals surface area contributed by atoms with E-state index in [4.69, 9.17) is 28.1 Å². The summed E-state index contributed by atoms with van der Waals surface area (Å²) in [5.74, 6) is -1.58. The van der Waals surface area contributed by atoms with Crippen LogP contribution in [0.1, 0.15) is 11.7 Å². The van der Waals surface area contributed by atoms with Gasteiger partial charge in [0, 0.05) is 17.7 Å². The van der Waals surface area contributed by atoms with Crippen molar-refractivity contribution >= 4 is 11.0 Å². The Morgan fingerprint density at radius 3 is 1.66 bits per heavy atom. The van der Waals surface area contributed by atoms with E-state index in [0.29, 0.717) is 5.56 Å². The molecule has 0 radical (unpaired) electrons. The third-order valence-corrected chi connectivity index (χ3v) is 9.51. The van der Waals surface area contributed by atoms with E-state index in [-0.39, 0.29) is 11.5 Å². The van der Waals surface area contributed by atoms with Crippen molar-refractivity contribution in [2.24, 2.45) is 0 Å². The lowest BCUT2D eigenvalue weighted by atomic mass is 9.89. The monoisotopic (exact) mass is 756 g/mol. The van der Waals surface area contributed by atoms with Gasteiger partial charge in [0.1, 0.15) is 108 Å². The van der Waals surface area contributed by atoms with Gasteiger partial charge < -0.3 is 94.5 Å². The van der Waals surface area contributed by atoms with Crippen LogP contribution in [0.25, 0.3) is 22.3 Å². The standard InChI is InChI=1S/C33H40O20/c34-7-16-21(39)25(43)28(46)32(52-16)49-9-18-23(41)26(44)29(47)33(53-18)48-8-17-22(40)24(42)27(45)31(51-17)20-13(37)5-12(36)19-14(38)6-15(50-30(19)20)10-1-3-11(35)4-2-10/h1-6,16-18,21-29,31-37,39-47H,7-9H2. The van der Waals surface area contributed by atoms with Crippen LogP contribution in [0, 0.1) is 0 Å². The van der Waals surface area contributed by atoms with Crippen LogP contribution in [0.4, 0.5) is 0 Å². The van der Waals surface area contributed by atoms with Crippen LogP contribution in [0.3, 0.4) is 0 Å². The molecule has 3 aliphatic rings. The summed E-state index contributed by atoms with van der Waals surface area (Å²) in [6, 6.07) is 7.32. The van der Waals surface area contributed by atoms with Crippen LogP contribution in [-0.2, 0) is 23.7 Å².